The van der Waals surface area contributed by atoms with Gasteiger partial charge in [0.1, 0.15) is 11.6 Å². The van der Waals surface area contributed by atoms with Gasteiger partial charge in [0, 0.05) is 37.9 Å². The molecule has 29 heavy (non-hydrogen) atoms. The van der Waals surface area contributed by atoms with Crippen LogP contribution in [0.3, 0.4) is 0 Å². The molecule has 1 fully saturated rings. The Morgan fingerprint density at radius 1 is 1.14 bits per heavy atom. The number of methoxy groups -OCH3 is 1. The van der Waals surface area contributed by atoms with Gasteiger partial charge in [-0.05, 0) is 54.8 Å². The number of piperidine rings is 1. The molecule has 0 unspecified atom stereocenters. The monoisotopic (exact) mass is 390 g/mol. The number of benzene rings is 1. The Morgan fingerprint density at radius 2 is 1.93 bits per heavy atom. The van der Waals surface area contributed by atoms with Crippen LogP contribution in [0.25, 0.3) is 5.69 Å². The van der Waals surface area contributed by atoms with Crippen molar-refractivity contribution < 1.29 is 9.53 Å². The van der Waals surface area contributed by atoms with Gasteiger partial charge in [-0.25, -0.2) is 4.98 Å². The fourth-order valence-corrected chi connectivity index (χ4v) is 3.71. The van der Waals surface area contributed by atoms with Crippen LogP contribution in [-0.4, -0.2) is 35.7 Å². The number of ether oxygens (including phenoxy) is 1. The highest BCUT2D eigenvalue weighted by atomic mass is 16.5. The molecule has 1 amide bonds. The molecule has 150 valence electrons. The van der Waals surface area contributed by atoms with Crippen molar-refractivity contribution in [2.75, 3.05) is 25.1 Å². The Bertz CT molecular complexity index is 930. The van der Waals surface area contributed by atoms with Crippen molar-refractivity contribution >= 4 is 11.7 Å². The van der Waals surface area contributed by atoms with Crippen LogP contribution in [0.1, 0.15) is 18.4 Å². The molecule has 3 heterocycles. The molecular weight excluding hydrogens is 364 g/mol. The summed E-state index contributed by atoms with van der Waals surface area (Å²) in [5, 5.41) is 3.07. The summed E-state index contributed by atoms with van der Waals surface area (Å²) < 4.78 is 7.27. The largest absolute Gasteiger partial charge is 0.497 e. The van der Waals surface area contributed by atoms with E-state index in [1.54, 1.807) is 7.11 Å². The van der Waals surface area contributed by atoms with E-state index in [0.29, 0.717) is 6.54 Å². The molecule has 0 bridgehead atoms. The van der Waals surface area contributed by atoms with Crippen LogP contribution in [0.15, 0.2) is 67.1 Å². The number of aromatic nitrogens is 2. The zero-order valence-electron chi connectivity index (χ0n) is 16.6. The van der Waals surface area contributed by atoms with Crippen molar-refractivity contribution in [1.29, 1.82) is 0 Å². The average Bonchev–Trinajstić information content (AvgIpc) is 3.33. The highest BCUT2D eigenvalue weighted by Crippen LogP contribution is 2.23. The molecule has 0 radical (unpaired) electrons. The number of pyridine rings is 1. The number of carbonyl (C=O) groups is 1. The van der Waals surface area contributed by atoms with Gasteiger partial charge in [-0.2, -0.15) is 0 Å². The molecule has 0 atom stereocenters. The quantitative estimate of drug-likeness (QED) is 0.701. The molecule has 1 N–H and O–H groups in total. The van der Waals surface area contributed by atoms with Gasteiger partial charge < -0.3 is 19.5 Å². The molecule has 3 aromatic rings. The average molecular weight is 390 g/mol. The first-order valence-electron chi connectivity index (χ1n) is 9.98. The summed E-state index contributed by atoms with van der Waals surface area (Å²) in [6.45, 7) is 2.21. The molecule has 0 aliphatic carbocycles. The van der Waals surface area contributed by atoms with Crippen molar-refractivity contribution in [3.8, 4) is 11.4 Å². The van der Waals surface area contributed by atoms with E-state index < -0.39 is 0 Å². The Hall–Kier alpha value is -3.28. The number of hydrogen-bond donors (Lipinski definition) is 1. The smallest absolute Gasteiger partial charge is 0.223 e. The van der Waals surface area contributed by atoms with Gasteiger partial charge in [-0.1, -0.05) is 12.1 Å². The van der Waals surface area contributed by atoms with E-state index in [4.69, 9.17) is 4.74 Å². The van der Waals surface area contributed by atoms with E-state index in [1.807, 2.05) is 59.6 Å². The lowest BCUT2D eigenvalue weighted by molar-refractivity contribution is -0.125. The first-order chi connectivity index (χ1) is 14.2. The minimum atomic E-state index is 0.0519. The van der Waals surface area contributed by atoms with E-state index in [9.17, 15) is 4.79 Å². The normalized spacial score (nSPS) is 14.6. The van der Waals surface area contributed by atoms with Crippen molar-refractivity contribution in [2.24, 2.45) is 5.92 Å². The second-order valence-corrected chi connectivity index (χ2v) is 7.30. The van der Waals surface area contributed by atoms with Gasteiger partial charge in [-0.15, -0.1) is 0 Å². The summed E-state index contributed by atoms with van der Waals surface area (Å²) >= 11 is 0. The van der Waals surface area contributed by atoms with E-state index in [0.717, 1.165) is 48.7 Å². The number of anilines is 1. The van der Waals surface area contributed by atoms with E-state index in [-0.39, 0.29) is 11.8 Å². The standard InChI is InChI=1S/C23H26N4O2/c1-29-21-6-4-5-18(15-21)16-25-23(28)19-9-13-27(14-10-19)22-8-7-20(17-24-22)26-11-2-3-12-26/h2-8,11-12,15,17,19H,9-10,13-14,16H2,1H3,(H,25,28). The van der Waals surface area contributed by atoms with E-state index in [1.165, 1.54) is 0 Å². The molecular formula is C23H26N4O2. The lowest BCUT2D eigenvalue weighted by atomic mass is 9.96. The molecule has 1 aromatic carbocycles. The molecule has 6 nitrogen and oxygen atoms in total. The van der Waals surface area contributed by atoms with Gasteiger partial charge in [0.2, 0.25) is 5.91 Å². The predicted octanol–water partition coefficient (Wildman–Crippen LogP) is 3.41. The molecule has 0 saturated carbocycles. The topological polar surface area (TPSA) is 59.4 Å². The summed E-state index contributed by atoms with van der Waals surface area (Å²) in [5.41, 5.74) is 2.09. The number of amides is 1. The molecule has 0 spiro atoms. The second kappa shape index (κ2) is 8.82. The third-order valence-corrected chi connectivity index (χ3v) is 5.43. The van der Waals surface area contributed by atoms with Crippen LogP contribution in [0.2, 0.25) is 0 Å². The van der Waals surface area contributed by atoms with Crippen LogP contribution in [0.5, 0.6) is 5.75 Å². The van der Waals surface area contributed by atoms with Crippen molar-refractivity contribution in [1.82, 2.24) is 14.9 Å². The number of nitrogens with one attached hydrogen (secondary N) is 1. The molecule has 4 rings (SSSR count). The Kier molecular flexibility index (Phi) is 5.79. The van der Waals surface area contributed by atoms with Crippen molar-refractivity contribution in [3.63, 3.8) is 0 Å². The van der Waals surface area contributed by atoms with Gasteiger partial charge in [0.05, 0.1) is 19.0 Å². The Morgan fingerprint density at radius 3 is 2.62 bits per heavy atom. The van der Waals surface area contributed by atoms with Crippen LogP contribution >= 0.6 is 0 Å². The highest BCUT2D eigenvalue weighted by Gasteiger charge is 2.25. The number of hydrogen-bond acceptors (Lipinski definition) is 4. The third kappa shape index (κ3) is 4.59. The second-order valence-electron chi connectivity index (χ2n) is 7.30. The minimum Gasteiger partial charge on any atom is -0.497 e. The summed E-state index contributed by atoms with van der Waals surface area (Å²) in [7, 11) is 1.65. The lowest BCUT2D eigenvalue weighted by Crippen LogP contribution is -2.40. The maximum atomic E-state index is 12.6. The summed E-state index contributed by atoms with van der Waals surface area (Å²) in [6.07, 6.45) is 7.58. The van der Waals surface area contributed by atoms with Gasteiger partial charge in [-0.3, -0.25) is 4.79 Å². The number of carbonyl (C=O) groups excluding carboxylic acids is 1. The first kappa shape index (κ1) is 19.1. The van der Waals surface area contributed by atoms with Crippen LogP contribution in [0.4, 0.5) is 5.82 Å². The fourth-order valence-electron chi connectivity index (χ4n) is 3.71. The van der Waals surface area contributed by atoms with E-state index >= 15 is 0 Å². The Labute approximate surface area is 171 Å². The molecule has 2 aromatic heterocycles. The van der Waals surface area contributed by atoms with Crippen molar-refractivity contribution in [2.45, 2.75) is 19.4 Å². The summed E-state index contributed by atoms with van der Waals surface area (Å²) in [4.78, 5) is 19.4. The van der Waals surface area contributed by atoms with Crippen LogP contribution in [-0.2, 0) is 11.3 Å². The molecule has 1 aliphatic heterocycles. The zero-order valence-corrected chi connectivity index (χ0v) is 16.6. The Balaban J connectivity index is 1.28. The van der Waals surface area contributed by atoms with Crippen LogP contribution < -0.4 is 15.0 Å². The highest BCUT2D eigenvalue weighted by molar-refractivity contribution is 5.79. The maximum absolute atomic E-state index is 12.6. The molecule has 6 heteroatoms. The minimum absolute atomic E-state index is 0.0519. The lowest BCUT2D eigenvalue weighted by Gasteiger charge is -2.32. The summed E-state index contributed by atoms with van der Waals surface area (Å²) in [6, 6.07) is 15.9. The first-order valence-corrected chi connectivity index (χ1v) is 9.98. The van der Waals surface area contributed by atoms with Gasteiger partial charge in [0.25, 0.3) is 0 Å². The molecule has 1 aliphatic rings. The fraction of sp³-hybridized carbons (Fsp3) is 0.304. The third-order valence-electron chi connectivity index (χ3n) is 5.43. The zero-order chi connectivity index (χ0) is 20.1. The van der Waals surface area contributed by atoms with Crippen LogP contribution in [0, 0.1) is 5.92 Å². The number of rotatable bonds is 6. The van der Waals surface area contributed by atoms with E-state index in [2.05, 4.69) is 27.3 Å². The van der Waals surface area contributed by atoms with Crippen molar-refractivity contribution in [3.05, 3.63) is 72.7 Å². The SMILES string of the molecule is COc1cccc(CNC(=O)C2CCN(c3ccc(-n4cccc4)cn3)CC2)c1. The van der Waals surface area contributed by atoms with Gasteiger partial charge >= 0.3 is 0 Å². The number of nitrogens with zero attached hydrogens (tertiary/aromatic N) is 3. The predicted molar refractivity (Wildman–Crippen MR) is 113 cm³/mol. The summed E-state index contributed by atoms with van der Waals surface area (Å²) in [5.74, 6) is 1.95. The maximum Gasteiger partial charge on any atom is 0.223 e. The molecule has 1 saturated heterocycles. The van der Waals surface area contributed by atoms with Gasteiger partial charge in [0.15, 0.2) is 0 Å².